The van der Waals surface area contributed by atoms with E-state index < -0.39 is 0 Å². The number of rotatable bonds is 6. The number of nitrogens with zero attached hydrogens (tertiary/aromatic N) is 3. The summed E-state index contributed by atoms with van der Waals surface area (Å²) >= 11 is 0. The molecule has 134 valence electrons. The normalized spacial score (nSPS) is 23.6. The summed E-state index contributed by atoms with van der Waals surface area (Å²) in [6.45, 7) is 1.71. The number of carbonyl (C=O) groups is 1. The van der Waals surface area contributed by atoms with Gasteiger partial charge in [-0.05, 0) is 37.8 Å². The molecule has 3 heterocycles. The molecule has 0 aliphatic carbocycles. The second kappa shape index (κ2) is 8.04. The van der Waals surface area contributed by atoms with E-state index in [0.717, 1.165) is 36.7 Å². The zero-order chi connectivity index (χ0) is 17.1. The van der Waals surface area contributed by atoms with Gasteiger partial charge in [0.05, 0.1) is 23.4 Å². The number of hydrogen-bond acceptors (Lipinski definition) is 4. The average Bonchev–Trinajstić information content (AvgIpc) is 3.38. The third kappa shape index (κ3) is 4.00. The molecule has 1 aromatic heterocycles. The molecule has 2 aromatic rings. The van der Waals surface area contributed by atoms with Crippen molar-refractivity contribution < 1.29 is 4.79 Å². The summed E-state index contributed by atoms with van der Waals surface area (Å²) in [5.74, 6) is 1.63. The largest absolute Gasteiger partial charge is 0.341 e. The van der Waals surface area contributed by atoms with E-state index in [1.165, 1.54) is 30.5 Å². The number of likely N-dealkylation sites (tertiary alicyclic amines) is 1. The van der Waals surface area contributed by atoms with E-state index in [1.54, 1.807) is 0 Å². The fraction of sp³-hybridized carbons (Fsp3) is 0.579. The van der Waals surface area contributed by atoms with E-state index in [-0.39, 0.29) is 0 Å². The molecule has 1 aromatic carbocycles. The maximum Gasteiger partial charge on any atom is 0.222 e. The minimum atomic E-state index is 0.334. The number of unbranched alkanes of at least 4 members (excludes halogenated alkanes) is 1. The van der Waals surface area contributed by atoms with Crippen LogP contribution >= 0.6 is 21.6 Å². The lowest BCUT2D eigenvalue weighted by Crippen LogP contribution is -2.28. The molecule has 4 nitrogen and oxygen atoms in total. The predicted octanol–water partition coefficient (Wildman–Crippen LogP) is 4.52. The molecule has 2 saturated heterocycles. The van der Waals surface area contributed by atoms with Gasteiger partial charge in [-0.1, -0.05) is 40.1 Å². The molecule has 0 radical (unpaired) electrons. The van der Waals surface area contributed by atoms with Crippen LogP contribution in [-0.4, -0.2) is 44.5 Å². The Hall–Kier alpha value is -1.14. The first kappa shape index (κ1) is 17.3. The molecule has 0 spiro atoms. The zero-order valence-electron chi connectivity index (χ0n) is 14.5. The van der Waals surface area contributed by atoms with Crippen LogP contribution in [0.5, 0.6) is 0 Å². The smallest absolute Gasteiger partial charge is 0.222 e. The second-order valence-corrected chi connectivity index (χ2v) is 9.78. The highest BCUT2D eigenvalue weighted by atomic mass is 33.1. The maximum atomic E-state index is 12.5. The third-order valence-electron chi connectivity index (χ3n) is 5.28. The Morgan fingerprint density at radius 3 is 3.04 bits per heavy atom. The Kier molecular flexibility index (Phi) is 5.56. The van der Waals surface area contributed by atoms with Gasteiger partial charge in [-0.3, -0.25) is 4.79 Å². The first-order valence-electron chi connectivity index (χ1n) is 9.29. The molecule has 0 bridgehead atoms. The summed E-state index contributed by atoms with van der Waals surface area (Å²) in [6.07, 6.45) is 8.51. The second-order valence-electron chi connectivity index (χ2n) is 7.00. The first-order chi connectivity index (χ1) is 12.3. The fourth-order valence-corrected chi connectivity index (χ4v) is 6.86. The number of benzene rings is 1. The average molecular weight is 376 g/mol. The van der Waals surface area contributed by atoms with Gasteiger partial charge < -0.3 is 9.47 Å². The predicted molar refractivity (Wildman–Crippen MR) is 107 cm³/mol. The molecule has 4 rings (SSSR count). The molecular weight excluding hydrogens is 350 g/mol. The number of carbonyl (C=O) groups excluding carboxylic acids is 1. The molecule has 2 aliphatic rings. The molecule has 25 heavy (non-hydrogen) atoms. The van der Waals surface area contributed by atoms with E-state index >= 15 is 0 Å². The van der Waals surface area contributed by atoms with Gasteiger partial charge in [0.1, 0.15) is 0 Å². The van der Waals surface area contributed by atoms with Gasteiger partial charge in [-0.25, -0.2) is 4.98 Å². The Balaban J connectivity index is 1.26. The first-order valence-corrected chi connectivity index (χ1v) is 11.7. The minimum Gasteiger partial charge on any atom is -0.341 e. The molecule has 1 amide bonds. The van der Waals surface area contributed by atoms with Crippen LogP contribution in [0.3, 0.4) is 0 Å². The van der Waals surface area contributed by atoms with Gasteiger partial charge in [0.25, 0.3) is 0 Å². The van der Waals surface area contributed by atoms with Gasteiger partial charge in [-0.2, -0.15) is 0 Å². The summed E-state index contributed by atoms with van der Waals surface area (Å²) in [6, 6.07) is 8.60. The monoisotopic (exact) mass is 375 g/mol. The lowest BCUT2D eigenvalue weighted by Gasteiger charge is -2.17. The Morgan fingerprint density at radius 2 is 2.16 bits per heavy atom. The van der Waals surface area contributed by atoms with Crippen LogP contribution < -0.4 is 0 Å². The van der Waals surface area contributed by atoms with Crippen molar-refractivity contribution in [1.82, 2.24) is 14.5 Å². The highest BCUT2D eigenvalue weighted by Crippen LogP contribution is 2.40. The molecular formula is C19H25N3OS2. The van der Waals surface area contributed by atoms with Crippen molar-refractivity contribution in [3.05, 3.63) is 30.6 Å². The molecule has 2 atom stereocenters. The summed E-state index contributed by atoms with van der Waals surface area (Å²) in [5, 5.41) is 0.825. The van der Waals surface area contributed by atoms with Gasteiger partial charge in [0.15, 0.2) is 0 Å². The number of hydrogen-bond donors (Lipinski definition) is 0. The van der Waals surface area contributed by atoms with E-state index in [9.17, 15) is 4.79 Å². The molecule has 2 fully saturated rings. The molecule has 0 N–H and O–H groups in total. The van der Waals surface area contributed by atoms with Crippen molar-refractivity contribution in [2.45, 2.75) is 49.8 Å². The third-order valence-corrected chi connectivity index (χ3v) is 8.29. The number of imidazole rings is 1. The van der Waals surface area contributed by atoms with E-state index in [4.69, 9.17) is 0 Å². The molecule has 6 heteroatoms. The van der Waals surface area contributed by atoms with Crippen LogP contribution in [0.15, 0.2) is 30.6 Å². The van der Waals surface area contributed by atoms with Crippen molar-refractivity contribution >= 4 is 38.5 Å². The van der Waals surface area contributed by atoms with E-state index in [2.05, 4.69) is 26.6 Å². The topological polar surface area (TPSA) is 38.1 Å². The van der Waals surface area contributed by atoms with Crippen molar-refractivity contribution in [1.29, 1.82) is 0 Å². The number of fused-ring (bicyclic) bond motifs is 1. The highest BCUT2D eigenvalue weighted by Gasteiger charge is 2.27. The summed E-state index contributed by atoms with van der Waals surface area (Å²) < 4.78 is 2.25. The van der Waals surface area contributed by atoms with E-state index in [1.807, 2.05) is 40.0 Å². The summed E-state index contributed by atoms with van der Waals surface area (Å²) in [7, 11) is 4.04. The highest BCUT2D eigenvalue weighted by molar-refractivity contribution is 8.77. The van der Waals surface area contributed by atoms with Crippen molar-refractivity contribution in [3.63, 3.8) is 0 Å². The van der Waals surface area contributed by atoms with Crippen LogP contribution in [0.2, 0.25) is 0 Å². The van der Waals surface area contributed by atoms with Gasteiger partial charge in [0, 0.05) is 30.5 Å². The number of aromatic nitrogens is 2. The zero-order valence-corrected chi connectivity index (χ0v) is 16.1. The van der Waals surface area contributed by atoms with Gasteiger partial charge in [-0.15, -0.1) is 0 Å². The van der Waals surface area contributed by atoms with Gasteiger partial charge >= 0.3 is 0 Å². The lowest BCUT2D eigenvalue weighted by atomic mass is 10.1. The lowest BCUT2D eigenvalue weighted by molar-refractivity contribution is -0.130. The van der Waals surface area contributed by atoms with Gasteiger partial charge in [0.2, 0.25) is 5.91 Å². The van der Waals surface area contributed by atoms with Crippen molar-refractivity contribution in [2.24, 2.45) is 0 Å². The SMILES string of the molecule is O=C(CCCCC1CCSS1)N1CCC(n2cnc3ccccc32)C1. The number of amides is 1. The summed E-state index contributed by atoms with van der Waals surface area (Å²) in [4.78, 5) is 19.1. The fourth-order valence-electron chi connectivity index (χ4n) is 3.84. The molecule has 0 saturated carbocycles. The van der Waals surface area contributed by atoms with Crippen LogP contribution in [-0.2, 0) is 4.79 Å². The summed E-state index contributed by atoms with van der Waals surface area (Å²) in [5.41, 5.74) is 2.21. The molecule has 2 aliphatic heterocycles. The number of para-hydroxylation sites is 2. The minimum absolute atomic E-state index is 0.334. The quantitative estimate of drug-likeness (QED) is 0.549. The van der Waals surface area contributed by atoms with Crippen molar-refractivity contribution in [2.75, 3.05) is 18.8 Å². The van der Waals surface area contributed by atoms with Crippen molar-refractivity contribution in [3.8, 4) is 0 Å². The Morgan fingerprint density at radius 1 is 1.24 bits per heavy atom. The maximum absolute atomic E-state index is 12.5. The van der Waals surface area contributed by atoms with Crippen LogP contribution in [0.1, 0.15) is 44.6 Å². The van der Waals surface area contributed by atoms with Crippen LogP contribution in [0.25, 0.3) is 11.0 Å². The Labute approximate surface area is 157 Å². The van der Waals surface area contributed by atoms with Crippen LogP contribution in [0.4, 0.5) is 0 Å². The van der Waals surface area contributed by atoms with Crippen LogP contribution in [0, 0.1) is 0 Å². The molecule has 2 unspecified atom stereocenters. The standard InChI is InChI=1S/C19H25N3OS2/c23-19(8-4-1-5-16-10-12-24-25-16)21-11-9-15(13-21)22-14-20-17-6-2-3-7-18(17)22/h2-3,6-7,14-16H,1,4-5,8-13H2. The Bertz CT molecular complexity index is 726. The van der Waals surface area contributed by atoms with E-state index in [0.29, 0.717) is 18.4 Å².